The summed E-state index contributed by atoms with van der Waals surface area (Å²) in [5, 5.41) is 4.54. The number of para-hydroxylation sites is 1. The van der Waals surface area contributed by atoms with Crippen molar-refractivity contribution in [2.75, 3.05) is 19.7 Å². The van der Waals surface area contributed by atoms with Crippen LogP contribution in [0.5, 0.6) is 0 Å². The summed E-state index contributed by atoms with van der Waals surface area (Å²) < 4.78 is 6.93. The van der Waals surface area contributed by atoms with Gasteiger partial charge in [0.25, 0.3) is 5.91 Å². The fraction of sp³-hybridized carbons (Fsp3) is 0.280. The number of ketones is 1. The van der Waals surface area contributed by atoms with Crippen LogP contribution in [0.3, 0.4) is 0 Å². The largest absolute Gasteiger partial charge is 0.454 e. The Kier molecular flexibility index (Phi) is 6.53. The van der Waals surface area contributed by atoms with E-state index in [0.29, 0.717) is 11.3 Å². The lowest BCUT2D eigenvalue weighted by atomic mass is 10.2. The van der Waals surface area contributed by atoms with Crippen molar-refractivity contribution in [3.05, 3.63) is 76.9 Å². The number of esters is 1. The predicted octanol–water partition coefficient (Wildman–Crippen LogP) is 3.49. The van der Waals surface area contributed by atoms with Gasteiger partial charge in [-0.3, -0.25) is 9.59 Å². The first-order valence-electron chi connectivity index (χ1n) is 10.9. The Morgan fingerprint density at radius 1 is 1.12 bits per heavy atom. The Labute approximate surface area is 191 Å². The molecule has 0 atom stereocenters. The zero-order valence-electron chi connectivity index (χ0n) is 18.7. The van der Waals surface area contributed by atoms with E-state index < -0.39 is 12.6 Å². The maximum Gasteiger partial charge on any atom is 0.331 e. The molecule has 1 aliphatic rings. The van der Waals surface area contributed by atoms with E-state index in [4.69, 9.17) is 4.74 Å². The van der Waals surface area contributed by atoms with Crippen molar-refractivity contribution in [1.82, 2.24) is 19.7 Å². The van der Waals surface area contributed by atoms with Crippen molar-refractivity contribution in [3.8, 4) is 5.69 Å². The third kappa shape index (κ3) is 4.95. The fourth-order valence-electron chi connectivity index (χ4n) is 3.91. The number of likely N-dealkylation sites (tertiary alicyclic amines) is 1. The second kappa shape index (κ2) is 9.68. The van der Waals surface area contributed by atoms with Gasteiger partial charge in [0, 0.05) is 42.2 Å². The first kappa shape index (κ1) is 22.3. The predicted molar refractivity (Wildman–Crippen MR) is 123 cm³/mol. The summed E-state index contributed by atoms with van der Waals surface area (Å²) in [6.45, 7) is 4.85. The smallest absolute Gasteiger partial charge is 0.331 e. The van der Waals surface area contributed by atoms with Gasteiger partial charge < -0.3 is 14.6 Å². The molecular formula is C25H26N4O4. The molecule has 170 valence electrons. The summed E-state index contributed by atoms with van der Waals surface area (Å²) in [6.07, 6.45) is 6.40. The van der Waals surface area contributed by atoms with Crippen molar-refractivity contribution in [3.63, 3.8) is 0 Å². The second-order valence-corrected chi connectivity index (χ2v) is 8.00. The second-order valence-electron chi connectivity index (χ2n) is 8.00. The normalized spacial score (nSPS) is 13.6. The number of ether oxygens (including phenoxy) is 1. The Bertz CT molecular complexity index is 1200. The molecule has 0 bridgehead atoms. The average Bonchev–Trinajstić information content (AvgIpc) is 3.58. The summed E-state index contributed by atoms with van der Waals surface area (Å²) in [5.41, 5.74) is 4.09. The summed E-state index contributed by atoms with van der Waals surface area (Å²) in [7, 11) is 0. The van der Waals surface area contributed by atoms with Gasteiger partial charge in [0.05, 0.1) is 11.4 Å². The van der Waals surface area contributed by atoms with E-state index in [-0.39, 0.29) is 11.7 Å². The molecule has 0 unspecified atom stereocenters. The van der Waals surface area contributed by atoms with Gasteiger partial charge in [0.2, 0.25) is 5.78 Å². The van der Waals surface area contributed by atoms with E-state index in [1.807, 2.05) is 48.9 Å². The lowest BCUT2D eigenvalue weighted by Gasteiger charge is -2.13. The molecule has 1 N–H and O–H groups in total. The number of hydrogen-bond donors (Lipinski definition) is 1. The molecule has 1 amide bonds. The fourth-order valence-corrected chi connectivity index (χ4v) is 3.91. The van der Waals surface area contributed by atoms with E-state index >= 15 is 0 Å². The van der Waals surface area contributed by atoms with Crippen molar-refractivity contribution in [2.45, 2.75) is 26.7 Å². The number of carbonyl (C=O) groups is 3. The molecule has 33 heavy (non-hydrogen) atoms. The maximum atomic E-state index is 12.4. The van der Waals surface area contributed by atoms with Gasteiger partial charge in [-0.25, -0.2) is 9.48 Å². The molecule has 0 spiro atoms. The lowest BCUT2D eigenvalue weighted by molar-refractivity contribution is -0.136. The van der Waals surface area contributed by atoms with Crippen LogP contribution in [0, 0.1) is 13.8 Å². The van der Waals surface area contributed by atoms with Crippen LogP contribution in [0.15, 0.2) is 48.7 Å². The van der Waals surface area contributed by atoms with E-state index in [1.165, 1.54) is 18.3 Å². The molecule has 0 radical (unpaired) electrons. The first-order valence-corrected chi connectivity index (χ1v) is 10.9. The minimum atomic E-state index is -0.626. The highest BCUT2D eigenvalue weighted by Gasteiger charge is 2.22. The van der Waals surface area contributed by atoms with Crippen molar-refractivity contribution in [1.29, 1.82) is 0 Å². The minimum absolute atomic E-state index is 0.117. The molecule has 0 aliphatic carbocycles. The number of Topliss-reactive ketones (excluding diaryl/α,β-unsaturated/α-hetero) is 1. The third-order valence-electron chi connectivity index (χ3n) is 5.71. The number of carbonyl (C=O) groups excluding carboxylic acids is 3. The van der Waals surface area contributed by atoms with Gasteiger partial charge in [0.1, 0.15) is 5.69 Å². The highest BCUT2D eigenvalue weighted by Crippen LogP contribution is 2.19. The van der Waals surface area contributed by atoms with Crippen LogP contribution in [0.25, 0.3) is 11.8 Å². The summed E-state index contributed by atoms with van der Waals surface area (Å²) in [6, 6.07) is 11.2. The van der Waals surface area contributed by atoms with Crippen LogP contribution >= 0.6 is 0 Å². The van der Waals surface area contributed by atoms with Gasteiger partial charge >= 0.3 is 5.97 Å². The zero-order valence-corrected chi connectivity index (χ0v) is 18.7. The standard InChI is InChI=1S/C25H26N4O4/c1-17-21(18(2)29(27-17)20-8-4-3-5-9-20)10-11-24(31)33-16-23(30)19-14-22(26-15-19)25(32)28-12-6-7-13-28/h3-5,8-11,14-15,26H,6-7,12-13,16H2,1-2H3/b11-10+. The molecule has 1 aromatic carbocycles. The van der Waals surface area contributed by atoms with Crippen molar-refractivity contribution in [2.24, 2.45) is 0 Å². The van der Waals surface area contributed by atoms with Crippen LogP contribution in [-0.2, 0) is 9.53 Å². The monoisotopic (exact) mass is 446 g/mol. The zero-order chi connectivity index (χ0) is 23.4. The van der Waals surface area contributed by atoms with Crippen LogP contribution in [0.2, 0.25) is 0 Å². The Balaban J connectivity index is 1.35. The maximum absolute atomic E-state index is 12.4. The Morgan fingerprint density at radius 3 is 2.58 bits per heavy atom. The van der Waals surface area contributed by atoms with Gasteiger partial charge in [-0.15, -0.1) is 0 Å². The quantitative estimate of drug-likeness (QED) is 0.340. The number of nitrogens with zero attached hydrogens (tertiary/aromatic N) is 3. The molecule has 0 saturated carbocycles. The molecule has 8 heteroatoms. The number of aromatic nitrogens is 3. The number of amides is 1. The van der Waals surface area contributed by atoms with Crippen LogP contribution in [0.4, 0.5) is 0 Å². The third-order valence-corrected chi connectivity index (χ3v) is 5.71. The number of nitrogens with one attached hydrogen (secondary N) is 1. The number of aryl methyl sites for hydroxylation is 1. The molecule has 1 saturated heterocycles. The van der Waals surface area contributed by atoms with Gasteiger partial charge in [-0.1, -0.05) is 18.2 Å². The molecule has 1 aliphatic heterocycles. The molecule has 3 heterocycles. The molecule has 3 aromatic rings. The number of rotatable bonds is 7. The van der Waals surface area contributed by atoms with Crippen LogP contribution in [0.1, 0.15) is 50.6 Å². The topological polar surface area (TPSA) is 97.3 Å². The number of aromatic amines is 1. The SMILES string of the molecule is Cc1nn(-c2ccccc2)c(C)c1/C=C/C(=O)OCC(=O)c1c[nH]c(C(=O)N2CCCC2)c1. The van der Waals surface area contributed by atoms with Crippen molar-refractivity contribution < 1.29 is 19.1 Å². The van der Waals surface area contributed by atoms with Gasteiger partial charge in [-0.05, 0) is 51.0 Å². The molecule has 1 fully saturated rings. The molecule has 4 rings (SSSR count). The van der Waals surface area contributed by atoms with E-state index in [0.717, 1.165) is 48.6 Å². The Hall–Kier alpha value is -3.94. The molecule has 8 nitrogen and oxygen atoms in total. The number of hydrogen-bond acceptors (Lipinski definition) is 5. The van der Waals surface area contributed by atoms with E-state index in [9.17, 15) is 14.4 Å². The summed E-state index contributed by atoms with van der Waals surface area (Å²) in [4.78, 5) is 41.6. The van der Waals surface area contributed by atoms with Gasteiger partial charge in [0.15, 0.2) is 6.61 Å². The number of H-pyrrole nitrogens is 1. The average molecular weight is 447 g/mol. The van der Waals surface area contributed by atoms with E-state index in [1.54, 1.807) is 11.0 Å². The first-order chi connectivity index (χ1) is 15.9. The molecular weight excluding hydrogens is 420 g/mol. The summed E-state index contributed by atoms with van der Waals surface area (Å²) in [5.74, 6) is -1.12. The minimum Gasteiger partial charge on any atom is -0.454 e. The molecule has 2 aromatic heterocycles. The van der Waals surface area contributed by atoms with Crippen LogP contribution < -0.4 is 0 Å². The van der Waals surface area contributed by atoms with Gasteiger partial charge in [-0.2, -0.15) is 5.10 Å². The Morgan fingerprint density at radius 2 is 1.85 bits per heavy atom. The summed E-state index contributed by atoms with van der Waals surface area (Å²) >= 11 is 0. The highest BCUT2D eigenvalue weighted by atomic mass is 16.5. The lowest BCUT2D eigenvalue weighted by Crippen LogP contribution is -2.27. The highest BCUT2D eigenvalue weighted by molar-refractivity contribution is 6.01. The number of benzene rings is 1. The van der Waals surface area contributed by atoms with E-state index in [2.05, 4.69) is 10.1 Å². The van der Waals surface area contributed by atoms with Crippen molar-refractivity contribution >= 4 is 23.7 Å². The van der Waals surface area contributed by atoms with Crippen LogP contribution in [-0.4, -0.2) is 57.0 Å².